The minimum atomic E-state index is -0.328. The lowest BCUT2D eigenvalue weighted by molar-refractivity contribution is 0.0950. The number of amides is 1. The number of nitrogens with zero attached hydrogens (tertiary/aromatic N) is 3. The number of hydrazone groups is 1. The van der Waals surface area contributed by atoms with Crippen molar-refractivity contribution in [1.82, 2.24) is 15.6 Å². The highest BCUT2D eigenvalue weighted by Gasteiger charge is 2.13. The number of carbonyl (C=O) groups is 1. The number of aromatic nitrogens is 2. The molecular weight excluding hydrogens is 362 g/mol. The van der Waals surface area contributed by atoms with Gasteiger partial charge in [-0.15, -0.1) is 11.3 Å². The molecule has 3 heterocycles. The lowest BCUT2D eigenvalue weighted by Gasteiger charge is -2.27. The van der Waals surface area contributed by atoms with Gasteiger partial charge in [0.2, 0.25) is 0 Å². The molecule has 0 radical (unpaired) electrons. The van der Waals surface area contributed by atoms with Crippen LogP contribution >= 0.6 is 11.3 Å². The van der Waals surface area contributed by atoms with Gasteiger partial charge in [0.15, 0.2) is 0 Å². The highest BCUT2D eigenvalue weighted by Crippen LogP contribution is 2.25. The lowest BCUT2D eigenvalue weighted by atomic mass is 10.1. The molecule has 138 valence electrons. The Morgan fingerprint density at radius 1 is 1.22 bits per heavy atom. The Hall–Kier alpha value is -2.97. The fourth-order valence-electron chi connectivity index (χ4n) is 2.77. The van der Waals surface area contributed by atoms with E-state index in [4.69, 9.17) is 4.74 Å². The Labute approximate surface area is 160 Å². The van der Waals surface area contributed by atoms with E-state index in [0.29, 0.717) is 5.69 Å². The van der Waals surface area contributed by atoms with Gasteiger partial charge in [0.1, 0.15) is 5.69 Å². The quantitative estimate of drug-likeness (QED) is 0.526. The van der Waals surface area contributed by atoms with Crippen molar-refractivity contribution < 1.29 is 9.53 Å². The summed E-state index contributed by atoms with van der Waals surface area (Å²) in [6.45, 7) is 3.31. The molecule has 4 rings (SSSR count). The summed E-state index contributed by atoms with van der Waals surface area (Å²) in [6.07, 6.45) is 1.65. The van der Waals surface area contributed by atoms with Gasteiger partial charge < -0.3 is 9.64 Å². The molecule has 7 nitrogen and oxygen atoms in total. The number of benzene rings is 1. The van der Waals surface area contributed by atoms with Gasteiger partial charge >= 0.3 is 0 Å². The second-order valence-electron chi connectivity index (χ2n) is 6.01. The Morgan fingerprint density at radius 2 is 2.04 bits per heavy atom. The van der Waals surface area contributed by atoms with Gasteiger partial charge in [0.25, 0.3) is 5.91 Å². The molecule has 0 atom stereocenters. The number of H-pyrrole nitrogens is 1. The first-order chi connectivity index (χ1) is 13.3. The van der Waals surface area contributed by atoms with Crippen molar-refractivity contribution >= 4 is 28.5 Å². The zero-order chi connectivity index (χ0) is 18.5. The van der Waals surface area contributed by atoms with E-state index >= 15 is 0 Å². The van der Waals surface area contributed by atoms with Crippen LogP contribution in [0, 0.1) is 0 Å². The highest BCUT2D eigenvalue weighted by molar-refractivity contribution is 7.17. The smallest absolute Gasteiger partial charge is 0.289 e. The summed E-state index contributed by atoms with van der Waals surface area (Å²) in [7, 11) is 0. The Kier molecular flexibility index (Phi) is 5.27. The molecule has 1 aromatic carbocycles. The van der Waals surface area contributed by atoms with Gasteiger partial charge in [-0.1, -0.05) is 30.3 Å². The van der Waals surface area contributed by atoms with Gasteiger partial charge in [0.05, 0.1) is 30.1 Å². The van der Waals surface area contributed by atoms with Crippen LogP contribution in [-0.2, 0) is 4.74 Å². The van der Waals surface area contributed by atoms with Crippen molar-refractivity contribution in [3.8, 4) is 11.3 Å². The SMILES string of the molecule is O=C(NN=Cc1ccc(N2CCOCC2)s1)c1cc(-c2ccccc2)n[nH]1. The van der Waals surface area contributed by atoms with Crippen molar-refractivity contribution in [2.75, 3.05) is 31.2 Å². The predicted octanol–water partition coefficient (Wildman–Crippen LogP) is 2.74. The average Bonchev–Trinajstić information content (AvgIpc) is 3.39. The third kappa shape index (κ3) is 4.24. The average molecular weight is 381 g/mol. The zero-order valence-electron chi connectivity index (χ0n) is 14.6. The van der Waals surface area contributed by atoms with Crippen LogP contribution in [0.4, 0.5) is 5.00 Å². The molecular formula is C19H19N5O2S. The summed E-state index contributed by atoms with van der Waals surface area (Å²) in [5.74, 6) is -0.328. The monoisotopic (exact) mass is 381 g/mol. The van der Waals surface area contributed by atoms with E-state index in [9.17, 15) is 4.79 Å². The van der Waals surface area contributed by atoms with Crippen molar-refractivity contribution in [2.45, 2.75) is 0 Å². The fraction of sp³-hybridized carbons (Fsp3) is 0.211. The maximum atomic E-state index is 12.2. The second kappa shape index (κ2) is 8.15. The lowest BCUT2D eigenvalue weighted by Crippen LogP contribution is -2.35. The Balaban J connectivity index is 1.35. The van der Waals surface area contributed by atoms with E-state index in [2.05, 4.69) is 31.7 Å². The second-order valence-corrected chi connectivity index (χ2v) is 7.10. The van der Waals surface area contributed by atoms with Gasteiger partial charge in [-0.25, -0.2) is 5.43 Å². The third-order valence-corrected chi connectivity index (χ3v) is 5.27. The Morgan fingerprint density at radius 3 is 2.85 bits per heavy atom. The summed E-state index contributed by atoms with van der Waals surface area (Å²) in [6, 6.07) is 15.5. The largest absolute Gasteiger partial charge is 0.378 e. The van der Waals surface area contributed by atoms with Crippen molar-refractivity contribution in [1.29, 1.82) is 0 Å². The van der Waals surface area contributed by atoms with Crippen molar-refractivity contribution in [3.05, 3.63) is 59.1 Å². The van der Waals surface area contributed by atoms with E-state index in [1.165, 1.54) is 5.00 Å². The fourth-order valence-corrected chi connectivity index (χ4v) is 3.71. The van der Waals surface area contributed by atoms with Crippen molar-refractivity contribution in [3.63, 3.8) is 0 Å². The number of aromatic amines is 1. The van der Waals surface area contributed by atoms with E-state index in [1.807, 2.05) is 36.4 Å². The molecule has 8 heteroatoms. The number of hydrogen-bond acceptors (Lipinski definition) is 6. The van der Waals surface area contributed by atoms with Gasteiger partial charge in [-0.2, -0.15) is 10.2 Å². The van der Waals surface area contributed by atoms with Crippen LogP contribution in [0.1, 0.15) is 15.4 Å². The van der Waals surface area contributed by atoms with E-state index in [0.717, 1.165) is 42.4 Å². The molecule has 0 saturated carbocycles. The van der Waals surface area contributed by atoms with Crippen LogP contribution in [0.3, 0.4) is 0 Å². The van der Waals surface area contributed by atoms with Crippen LogP contribution in [0.2, 0.25) is 0 Å². The minimum Gasteiger partial charge on any atom is -0.378 e. The van der Waals surface area contributed by atoms with E-state index in [-0.39, 0.29) is 5.91 Å². The third-order valence-electron chi connectivity index (χ3n) is 4.19. The van der Waals surface area contributed by atoms with Crippen LogP contribution < -0.4 is 10.3 Å². The summed E-state index contributed by atoms with van der Waals surface area (Å²) >= 11 is 1.64. The number of ether oxygens (including phenoxy) is 1. The molecule has 1 aliphatic heterocycles. The number of morpholine rings is 1. The van der Waals surface area contributed by atoms with Crippen LogP contribution in [0.25, 0.3) is 11.3 Å². The van der Waals surface area contributed by atoms with Gasteiger partial charge in [-0.05, 0) is 18.2 Å². The van der Waals surface area contributed by atoms with Crippen LogP contribution in [-0.4, -0.2) is 48.6 Å². The van der Waals surface area contributed by atoms with Crippen LogP contribution in [0.15, 0.2) is 53.6 Å². The first-order valence-electron chi connectivity index (χ1n) is 8.66. The molecule has 0 bridgehead atoms. The molecule has 0 aliphatic carbocycles. The molecule has 0 spiro atoms. The summed E-state index contributed by atoms with van der Waals surface area (Å²) < 4.78 is 5.37. The minimum absolute atomic E-state index is 0.328. The summed E-state index contributed by atoms with van der Waals surface area (Å²) in [4.78, 5) is 15.5. The molecule has 1 saturated heterocycles. The number of hydrogen-bond donors (Lipinski definition) is 2. The number of thiophene rings is 1. The predicted molar refractivity (Wildman–Crippen MR) is 106 cm³/mol. The molecule has 27 heavy (non-hydrogen) atoms. The molecule has 2 N–H and O–H groups in total. The number of rotatable bonds is 5. The molecule has 2 aromatic heterocycles. The van der Waals surface area contributed by atoms with E-state index < -0.39 is 0 Å². The molecule has 1 fully saturated rings. The van der Waals surface area contributed by atoms with Gasteiger partial charge in [0, 0.05) is 23.5 Å². The highest BCUT2D eigenvalue weighted by atomic mass is 32.1. The zero-order valence-corrected chi connectivity index (χ0v) is 15.4. The first kappa shape index (κ1) is 17.4. The number of anilines is 1. The molecule has 3 aromatic rings. The maximum Gasteiger partial charge on any atom is 0.289 e. The van der Waals surface area contributed by atoms with E-state index in [1.54, 1.807) is 23.6 Å². The molecule has 0 unspecified atom stereocenters. The molecule has 1 amide bonds. The van der Waals surface area contributed by atoms with Crippen LogP contribution in [0.5, 0.6) is 0 Å². The normalized spacial score (nSPS) is 14.6. The first-order valence-corrected chi connectivity index (χ1v) is 9.48. The maximum absolute atomic E-state index is 12.2. The summed E-state index contributed by atoms with van der Waals surface area (Å²) in [5.41, 5.74) is 4.57. The topological polar surface area (TPSA) is 82.6 Å². The number of nitrogens with one attached hydrogen (secondary N) is 2. The standard InChI is InChI=1S/C19H19N5O2S/c25-19(17-12-16(21-22-17)14-4-2-1-3-5-14)23-20-13-15-6-7-18(27-15)24-8-10-26-11-9-24/h1-7,12-13H,8-11H2,(H,21,22)(H,23,25). The molecule has 1 aliphatic rings. The number of carbonyl (C=O) groups excluding carboxylic acids is 1. The van der Waals surface area contributed by atoms with Crippen molar-refractivity contribution in [2.24, 2.45) is 5.10 Å². The Bertz CT molecular complexity index is 928. The summed E-state index contributed by atoms with van der Waals surface area (Å²) in [5, 5.41) is 12.2. The van der Waals surface area contributed by atoms with Gasteiger partial charge in [-0.3, -0.25) is 9.89 Å².